The molecule has 1 saturated carbocycles. The van der Waals surface area contributed by atoms with Gasteiger partial charge in [-0.15, -0.1) is 0 Å². The second-order valence-electron chi connectivity index (χ2n) is 6.74. The molecule has 0 saturated heterocycles. The third-order valence-corrected chi connectivity index (χ3v) is 5.66. The highest BCUT2D eigenvalue weighted by molar-refractivity contribution is 5.86. The summed E-state index contributed by atoms with van der Waals surface area (Å²) in [6, 6.07) is 7.06. The molecule has 3 N–H and O–H groups in total. The van der Waals surface area contributed by atoms with Crippen molar-refractivity contribution < 1.29 is 0 Å². The Kier molecular flexibility index (Phi) is 2.88. The molecule has 2 aromatic rings. The van der Waals surface area contributed by atoms with Crippen molar-refractivity contribution in [2.24, 2.45) is 5.73 Å². The molecule has 4 rings (SSSR count). The summed E-state index contributed by atoms with van der Waals surface area (Å²) in [5.74, 6) is 0. The van der Waals surface area contributed by atoms with Gasteiger partial charge in [0.25, 0.3) is 0 Å². The summed E-state index contributed by atoms with van der Waals surface area (Å²) in [5.41, 5.74) is 12.3. The summed E-state index contributed by atoms with van der Waals surface area (Å²) in [4.78, 5) is 3.63. The monoisotopic (exact) mass is 268 g/mol. The molecule has 1 heterocycles. The fourth-order valence-electron chi connectivity index (χ4n) is 4.40. The molecule has 0 bridgehead atoms. The number of aromatic amines is 1. The predicted octanol–water partition coefficient (Wildman–Crippen LogP) is 3.82. The lowest BCUT2D eigenvalue weighted by molar-refractivity contribution is 0.453. The number of nitrogens with two attached hydrogens (primary N) is 1. The van der Waals surface area contributed by atoms with Gasteiger partial charge in [0.1, 0.15) is 0 Å². The molecule has 0 amide bonds. The molecule has 0 atom stereocenters. The van der Waals surface area contributed by atoms with Crippen LogP contribution in [0.15, 0.2) is 18.2 Å². The Hall–Kier alpha value is -1.28. The molecule has 0 spiro atoms. The number of rotatable bonds is 2. The van der Waals surface area contributed by atoms with E-state index >= 15 is 0 Å². The molecule has 1 fully saturated rings. The highest BCUT2D eigenvalue weighted by atomic mass is 14.7. The zero-order valence-electron chi connectivity index (χ0n) is 12.2. The van der Waals surface area contributed by atoms with Crippen LogP contribution >= 0.6 is 0 Å². The molecule has 2 aliphatic rings. The van der Waals surface area contributed by atoms with Gasteiger partial charge >= 0.3 is 0 Å². The van der Waals surface area contributed by atoms with Gasteiger partial charge in [-0.2, -0.15) is 0 Å². The Morgan fingerprint density at radius 2 is 1.85 bits per heavy atom. The Labute approximate surface area is 120 Å². The molecule has 1 aromatic carbocycles. The van der Waals surface area contributed by atoms with E-state index in [0.717, 1.165) is 6.54 Å². The standard InChI is InChI=1S/C18H24N2/c19-12-18(9-3-4-10-18)13-7-8-17-15(11-13)14-5-1-2-6-16(14)20-17/h7-8,11,20H,1-6,9-10,12,19H2. The highest BCUT2D eigenvalue weighted by Crippen LogP contribution is 2.42. The van der Waals surface area contributed by atoms with Crippen molar-refractivity contribution in [2.45, 2.75) is 56.8 Å². The second kappa shape index (κ2) is 4.63. The van der Waals surface area contributed by atoms with Crippen LogP contribution in [0.3, 0.4) is 0 Å². The number of hydrogen-bond donors (Lipinski definition) is 2. The maximum atomic E-state index is 6.15. The van der Waals surface area contributed by atoms with Crippen LogP contribution in [-0.2, 0) is 18.3 Å². The number of aryl methyl sites for hydroxylation is 2. The van der Waals surface area contributed by atoms with Crippen LogP contribution in [0.25, 0.3) is 10.9 Å². The van der Waals surface area contributed by atoms with Crippen molar-refractivity contribution in [1.82, 2.24) is 4.98 Å². The van der Waals surface area contributed by atoms with Gasteiger partial charge in [0.15, 0.2) is 0 Å². The summed E-state index contributed by atoms with van der Waals surface area (Å²) < 4.78 is 0. The first-order chi connectivity index (χ1) is 9.82. The average Bonchev–Trinajstić information content (AvgIpc) is 3.12. The zero-order valence-corrected chi connectivity index (χ0v) is 12.2. The molecular weight excluding hydrogens is 244 g/mol. The van der Waals surface area contributed by atoms with E-state index in [-0.39, 0.29) is 5.41 Å². The summed E-state index contributed by atoms with van der Waals surface area (Å²) in [5, 5.41) is 1.47. The maximum absolute atomic E-state index is 6.15. The van der Waals surface area contributed by atoms with Crippen LogP contribution in [0, 0.1) is 0 Å². The van der Waals surface area contributed by atoms with Crippen LogP contribution in [0.1, 0.15) is 55.3 Å². The van der Waals surface area contributed by atoms with Gasteiger partial charge in [-0.05, 0) is 61.8 Å². The largest absolute Gasteiger partial charge is 0.358 e. The van der Waals surface area contributed by atoms with Crippen LogP contribution in [0.4, 0.5) is 0 Å². The number of aromatic nitrogens is 1. The van der Waals surface area contributed by atoms with E-state index in [0.29, 0.717) is 0 Å². The third kappa shape index (κ3) is 1.74. The second-order valence-corrected chi connectivity index (χ2v) is 6.74. The van der Waals surface area contributed by atoms with Crippen LogP contribution in [0.5, 0.6) is 0 Å². The molecular formula is C18H24N2. The Bertz CT molecular complexity index is 632. The van der Waals surface area contributed by atoms with Crippen molar-refractivity contribution in [1.29, 1.82) is 0 Å². The smallest absolute Gasteiger partial charge is 0.0459 e. The SMILES string of the molecule is NCC1(c2ccc3[nH]c4c(c3c2)CCCC4)CCCC1. The zero-order chi connectivity index (χ0) is 13.6. The van der Waals surface area contributed by atoms with E-state index in [9.17, 15) is 0 Å². The molecule has 0 unspecified atom stereocenters. The van der Waals surface area contributed by atoms with Gasteiger partial charge in [-0.1, -0.05) is 18.9 Å². The molecule has 0 aliphatic heterocycles. The molecule has 1 aromatic heterocycles. The van der Waals surface area contributed by atoms with Crippen LogP contribution in [0.2, 0.25) is 0 Å². The maximum Gasteiger partial charge on any atom is 0.0459 e. The van der Waals surface area contributed by atoms with Gasteiger partial charge in [0.2, 0.25) is 0 Å². The number of hydrogen-bond acceptors (Lipinski definition) is 1. The molecule has 2 aliphatic carbocycles. The number of H-pyrrole nitrogens is 1. The van der Waals surface area contributed by atoms with Gasteiger partial charge in [0, 0.05) is 28.6 Å². The van der Waals surface area contributed by atoms with Crippen molar-refractivity contribution in [2.75, 3.05) is 6.54 Å². The van der Waals surface area contributed by atoms with Gasteiger partial charge in [-0.25, -0.2) is 0 Å². The van der Waals surface area contributed by atoms with Crippen molar-refractivity contribution in [3.63, 3.8) is 0 Å². The molecule has 106 valence electrons. The van der Waals surface area contributed by atoms with E-state index in [1.807, 2.05) is 0 Å². The Morgan fingerprint density at radius 3 is 2.65 bits per heavy atom. The lowest BCUT2D eigenvalue weighted by Gasteiger charge is -2.28. The van der Waals surface area contributed by atoms with Gasteiger partial charge in [-0.3, -0.25) is 0 Å². The lowest BCUT2D eigenvalue weighted by atomic mass is 9.78. The molecule has 2 heteroatoms. The third-order valence-electron chi connectivity index (χ3n) is 5.66. The summed E-state index contributed by atoms with van der Waals surface area (Å²) in [6.45, 7) is 0.797. The first-order valence-electron chi connectivity index (χ1n) is 8.16. The number of fused-ring (bicyclic) bond motifs is 3. The van der Waals surface area contributed by atoms with E-state index in [1.165, 1.54) is 73.5 Å². The summed E-state index contributed by atoms with van der Waals surface area (Å²) >= 11 is 0. The van der Waals surface area contributed by atoms with Crippen molar-refractivity contribution >= 4 is 10.9 Å². The van der Waals surface area contributed by atoms with Crippen LogP contribution < -0.4 is 5.73 Å². The molecule has 0 radical (unpaired) electrons. The Morgan fingerprint density at radius 1 is 1.05 bits per heavy atom. The van der Waals surface area contributed by atoms with E-state index < -0.39 is 0 Å². The van der Waals surface area contributed by atoms with E-state index in [2.05, 4.69) is 23.2 Å². The number of nitrogens with one attached hydrogen (secondary N) is 1. The fraction of sp³-hybridized carbons (Fsp3) is 0.556. The fourth-order valence-corrected chi connectivity index (χ4v) is 4.40. The average molecular weight is 268 g/mol. The first kappa shape index (κ1) is 12.5. The minimum atomic E-state index is 0.257. The normalized spacial score (nSPS) is 21.2. The van der Waals surface area contributed by atoms with Gasteiger partial charge in [0.05, 0.1) is 0 Å². The quantitative estimate of drug-likeness (QED) is 0.854. The first-order valence-corrected chi connectivity index (χ1v) is 8.16. The predicted molar refractivity (Wildman–Crippen MR) is 84.1 cm³/mol. The van der Waals surface area contributed by atoms with Crippen molar-refractivity contribution in [3.8, 4) is 0 Å². The minimum absolute atomic E-state index is 0.257. The van der Waals surface area contributed by atoms with E-state index in [1.54, 1.807) is 5.56 Å². The van der Waals surface area contributed by atoms with Gasteiger partial charge < -0.3 is 10.7 Å². The molecule has 20 heavy (non-hydrogen) atoms. The van der Waals surface area contributed by atoms with E-state index in [4.69, 9.17) is 5.73 Å². The topological polar surface area (TPSA) is 41.8 Å². The lowest BCUT2D eigenvalue weighted by Crippen LogP contribution is -2.31. The summed E-state index contributed by atoms with van der Waals surface area (Å²) in [6.07, 6.45) is 10.3. The Balaban J connectivity index is 1.85. The highest BCUT2D eigenvalue weighted by Gasteiger charge is 2.34. The van der Waals surface area contributed by atoms with Crippen molar-refractivity contribution in [3.05, 3.63) is 35.0 Å². The number of benzene rings is 1. The molecule has 2 nitrogen and oxygen atoms in total. The summed E-state index contributed by atoms with van der Waals surface area (Å²) in [7, 11) is 0. The van der Waals surface area contributed by atoms with Crippen LogP contribution in [-0.4, -0.2) is 11.5 Å². The minimum Gasteiger partial charge on any atom is -0.358 e.